The van der Waals surface area contributed by atoms with Crippen LogP contribution < -0.4 is 10.2 Å². The van der Waals surface area contributed by atoms with Crippen LogP contribution in [0, 0.1) is 0 Å². The van der Waals surface area contributed by atoms with E-state index in [4.69, 9.17) is 0 Å². The summed E-state index contributed by atoms with van der Waals surface area (Å²) in [6.45, 7) is 0.547. The van der Waals surface area contributed by atoms with Gasteiger partial charge in [0.05, 0.1) is 0 Å². The van der Waals surface area contributed by atoms with Crippen LogP contribution in [0.2, 0.25) is 0 Å². The van der Waals surface area contributed by atoms with Gasteiger partial charge in [-0.2, -0.15) is 0 Å². The standard InChI is InChI=1S/C8H8BrN3O/c1-12-7-5(3-11-8(12)13)2-6(9)4-10-7/h2,4H,3H2,1H3,(H,11,13). The van der Waals surface area contributed by atoms with E-state index in [1.165, 1.54) is 4.90 Å². The van der Waals surface area contributed by atoms with Crippen molar-refractivity contribution in [1.82, 2.24) is 10.3 Å². The molecular formula is C8H8BrN3O. The number of fused-ring (bicyclic) bond motifs is 1. The number of rotatable bonds is 0. The van der Waals surface area contributed by atoms with E-state index in [-0.39, 0.29) is 6.03 Å². The third-order valence-electron chi connectivity index (χ3n) is 1.96. The second-order valence-corrected chi connectivity index (χ2v) is 3.77. The molecule has 1 aliphatic heterocycles. The van der Waals surface area contributed by atoms with Gasteiger partial charge in [0.2, 0.25) is 0 Å². The number of carbonyl (C=O) groups is 1. The molecule has 1 aromatic heterocycles. The topological polar surface area (TPSA) is 45.2 Å². The number of amides is 2. The largest absolute Gasteiger partial charge is 0.333 e. The molecule has 5 heteroatoms. The van der Waals surface area contributed by atoms with Crippen LogP contribution in [0.3, 0.4) is 0 Å². The molecule has 2 heterocycles. The molecule has 1 aliphatic rings. The second kappa shape index (κ2) is 2.99. The van der Waals surface area contributed by atoms with E-state index in [0.717, 1.165) is 15.9 Å². The van der Waals surface area contributed by atoms with Crippen molar-refractivity contribution in [2.75, 3.05) is 11.9 Å². The van der Waals surface area contributed by atoms with Crippen molar-refractivity contribution in [1.29, 1.82) is 0 Å². The summed E-state index contributed by atoms with van der Waals surface area (Å²) >= 11 is 3.33. The maximum atomic E-state index is 11.2. The van der Waals surface area contributed by atoms with E-state index in [2.05, 4.69) is 26.2 Å². The van der Waals surface area contributed by atoms with Crippen LogP contribution in [0.1, 0.15) is 5.56 Å². The predicted molar refractivity (Wildman–Crippen MR) is 52.6 cm³/mol. The molecule has 0 saturated carbocycles. The summed E-state index contributed by atoms with van der Waals surface area (Å²) < 4.78 is 0.927. The van der Waals surface area contributed by atoms with Crippen molar-refractivity contribution in [3.05, 3.63) is 22.3 Å². The van der Waals surface area contributed by atoms with Gasteiger partial charge >= 0.3 is 6.03 Å². The number of anilines is 1. The fourth-order valence-electron chi connectivity index (χ4n) is 1.29. The minimum atomic E-state index is -0.109. The highest BCUT2D eigenvalue weighted by molar-refractivity contribution is 9.10. The lowest BCUT2D eigenvalue weighted by Gasteiger charge is -2.25. The molecule has 1 aromatic rings. The number of nitrogens with one attached hydrogen (secondary N) is 1. The zero-order valence-corrected chi connectivity index (χ0v) is 8.63. The van der Waals surface area contributed by atoms with Gasteiger partial charge in [-0.25, -0.2) is 9.78 Å². The summed E-state index contributed by atoms with van der Waals surface area (Å²) in [6, 6.07) is 1.85. The zero-order valence-electron chi connectivity index (χ0n) is 7.04. The average molecular weight is 242 g/mol. The Morgan fingerprint density at radius 1 is 1.69 bits per heavy atom. The van der Waals surface area contributed by atoms with Crippen LogP contribution in [0.15, 0.2) is 16.7 Å². The van der Waals surface area contributed by atoms with Crippen molar-refractivity contribution in [3.8, 4) is 0 Å². The lowest BCUT2D eigenvalue weighted by atomic mass is 10.2. The fraction of sp³-hybridized carbons (Fsp3) is 0.250. The van der Waals surface area contributed by atoms with Crippen molar-refractivity contribution < 1.29 is 4.79 Å². The van der Waals surface area contributed by atoms with E-state index in [1.807, 2.05) is 6.07 Å². The van der Waals surface area contributed by atoms with Crippen molar-refractivity contribution in [2.24, 2.45) is 0 Å². The SMILES string of the molecule is CN1C(=O)NCc2cc(Br)cnc21. The van der Waals surface area contributed by atoms with Crippen LogP contribution >= 0.6 is 15.9 Å². The third-order valence-corrected chi connectivity index (χ3v) is 2.40. The molecule has 1 N–H and O–H groups in total. The van der Waals surface area contributed by atoms with Gasteiger partial charge in [-0.1, -0.05) is 0 Å². The molecule has 2 amide bonds. The highest BCUT2D eigenvalue weighted by Crippen LogP contribution is 2.23. The summed E-state index contributed by atoms with van der Waals surface area (Å²) in [5.41, 5.74) is 1.02. The monoisotopic (exact) mass is 241 g/mol. The summed E-state index contributed by atoms with van der Waals surface area (Å²) in [4.78, 5) is 16.9. The zero-order chi connectivity index (χ0) is 9.42. The van der Waals surface area contributed by atoms with Crippen LogP contribution in [-0.2, 0) is 6.54 Å². The maximum absolute atomic E-state index is 11.2. The first kappa shape index (κ1) is 8.50. The van der Waals surface area contributed by atoms with Crippen molar-refractivity contribution in [3.63, 3.8) is 0 Å². The van der Waals surface area contributed by atoms with E-state index < -0.39 is 0 Å². The van der Waals surface area contributed by atoms with E-state index in [1.54, 1.807) is 13.2 Å². The van der Waals surface area contributed by atoms with Gasteiger partial charge in [0, 0.05) is 29.8 Å². The van der Waals surface area contributed by atoms with Crippen molar-refractivity contribution in [2.45, 2.75) is 6.54 Å². The molecule has 0 atom stereocenters. The normalized spacial score (nSPS) is 15.2. The summed E-state index contributed by atoms with van der Waals surface area (Å²) in [6.07, 6.45) is 1.69. The molecule has 4 nitrogen and oxygen atoms in total. The van der Waals surface area contributed by atoms with Gasteiger partial charge in [-0.15, -0.1) is 0 Å². The van der Waals surface area contributed by atoms with E-state index >= 15 is 0 Å². The third kappa shape index (κ3) is 1.39. The molecule has 13 heavy (non-hydrogen) atoms. The first-order valence-electron chi connectivity index (χ1n) is 3.84. The maximum Gasteiger partial charge on any atom is 0.323 e. The van der Waals surface area contributed by atoms with Gasteiger partial charge in [-0.05, 0) is 22.0 Å². The number of pyridine rings is 1. The minimum absolute atomic E-state index is 0.109. The first-order valence-corrected chi connectivity index (χ1v) is 4.64. The Morgan fingerprint density at radius 2 is 2.46 bits per heavy atom. The van der Waals surface area contributed by atoms with E-state index in [0.29, 0.717) is 6.54 Å². The van der Waals surface area contributed by atoms with Crippen LogP contribution in [0.5, 0.6) is 0 Å². The summed E-state index contributed by atoms with van der Waals surface area (Å²) in [5.74, 6) is 0.729. The van der Waals surface area contributed by atoms with Crippen LogP contribution in [0.25, 0.3) is 0 Å². The smallest absolute Gasteiger partial charge is 0.323 e. The lowest BCUT2D eigenvalue weighted by molar-refractivity contribution is 0.245. The highest BCUT2D eigenvalue weighted by Gasteiger charge is 2.21. The van der Waals surface area contributed by atoms with Crippen LogP contribution in [-0.4, -0.2) is 18.1 Å². The molecule has 0 unspecified atom stereocenters. The number of hydrogen-bond donors (Lipinski definition) is 1. The minimum Gasteiger partial charge on any atom is -0.333 e. The Morgan fingerprint density at radius 3 is 3.23 bits per heavy atom. The Balaban J connectivity index is 2.49. The molecule has 0 spiro atoms. The quantitative estimate of drug-likeness (QED) is 0.749. The number of nitrogens with zero attached hydrogens (tertiary/aromatic N) is 2. The average Bonchev–Trinajstić information content (AvgIpc) is 2.12. The number of urea groups is 1. The second-order valence-electron chi connectivity index (χ2n) is 2.85. The molecule has 68 valence electrons. The Bertz CT molecular complexity index is 366. The Kier molecular flexibility index (Phi) is 1.95. The lowest BCUT2D eigenvalue weighted by Crippen LogP contribution is -2.42. The molecule has 2 rings (SSSR count). The molecule has 0 aliphatic carbocycles. The van der Waals surface area contributed by atoms with E-state index in [9.17, 15) is 4.79 Å². The van der Waals surface area contributed by atoms with Gasteiger partial charge in [0.25, 0.3) is 0 Å². The molecule has 0 saturated heterocycles. The fourth-order valence-corrected chi connectivity index (χ4v) is 1.67. The highest BCUT2D eigenvalue weighted by atomic mass is 79.9. The van der Waals surface area contributed by atoms with Gasteiger partial charge in [0.15, 0.2) is 0 Å². The molecular weight excluding hydrogens is 234 g/mol. The van der Waals surface area contributed by atoms with Gasteiger partial charge < -0.3 is 5.32 Å². The predicted octanol–water partition coefficient (Wildman–Crippen LogP) is 1.50. The van der Waals surface area contributed by atoms with Crippen LogP contribution in [0.4, 0.5) is 10.6 Å². The molecule has 0 radical (unpaired) electrons. The number of aromatic nitrogens is 1. The number of hydrogen-bond acceptors (Lipinski definition) is 2. The molecule has 0 fully saturated rings. The number of carbonyl (C=O) groups excluding carboxylic acids is 1. The number of halogens is 1. The Labute approximate surface area is 84.1 Å². The van der Waals surface area contributed by atoms with Gasteiger partial charge in [0.1, 0.15) is 5.82 Å². The van der Waals surface area contributed by atoms with Gasteiger partial charge in [-0.3, -0.25) is 4.90 Å². The Hall–Kier alpha value is -1.10. The first-order chi connectivity index (χ1) is 6.18. The molecule has 0 bridgehead atoms. The molecule has 0 aromatic carbocycles. The van der Waals surface area contributed by atoms with Crippen molar-refractivity contribution >= 4 is 27.8 Å². The summed E-state index contributed by atoms with van der Waals surface area (Å²) in [5, 5.41) is 2.74. The summed E-state index contributed by atoms with van der Waals surface area (Å²) in [7, 11) is 1.70.